The van der Waals surface area contributed by atoms with Gasteiger partial charge in [0.25, 0.3) is 11.6 Å². The second kappa shape index (κ2) is 7.94. The Hall–Kier alpha value is -3.36. The lowest BCUT2D eigenvalue weighted by Gasteiger charge is -2.06. The fourth-order valence-electron chi connectivity index (χ4n) is 2.49. The minimum Gasteiger partial charge on any atom is -0.484 e. The first kappa shape index (κ1) is 19.0. The summed E-state index contributed by atoms with van der Waals surface area (Å²) >= 11 is 12.1. The van der Waals surface area contributed by atoms with Crippen LogP contribution in [0.3, 0.4) is 0 Å². The Morgan fingerprint density at radius 1 is 1.07 bits per heavy atom. The van der Waals surface area contributed by atoms with Gasteiger partial charge in [-0.15, -0.1) is 0 Å². The fraction of sp³-hybridized carbons (Fsp3) is 0.0526. The van der Waals surface area contributed by atoms with Crippen LogP contribution in [0, 0.1) is 10.1 Å². The van der Waals surface area contributed by atoms with Crippen molar-refractivity contribution >= 4 is 28.9 Å². The highest BCUT2D eigenvalue weighted by Crippen LogP contribution is 2.32. The topological polar surface area (TPSA) is 104 Å². The number of hydrogen-bond donors (Lipinski definition) is 0. The van der Waals surface area contributed by atoms with Crippen LogP contribution >= 0.6 is 23.2 Å². The van der Waals surface area contributed by atoms with Crippen LogP contribution in [0.15, 0.2) is 63.5 Å². The summed E-state index contributed by atoms with van der Waals surface area (Å²) in [6, 6.07) is 14.3. The first-order valence-electron chi connectivity index (χ1n) is 8.25. The smallest absolute Gasteiger partial charge is 0.293 e. The van der Waals surface area contributed by atoms with Crippen molar-refractivity contribution in [2.24, 2.45) is 0 Å². The summed E-state index contributed by atoms with van der Waals surface area (Å²) in [7, 11) is 0. The van der Waals surface area contributed by atoms with Gasteiger partial charge in [0.2, 0.25) is 5.82 Å². The predicted octanol–water partition coefficient (Wildman–Crippen LogP) is 5.79. The highest BCUT2D eigenvalue weighted by molar-refractivity contribution is 6.42. The molecule has 0 aliphatic heterocycles. The normalized spacial score (nSPS) is 10.8. The molecule has 0 saturated carbocycles. The maximum atomic E-state index is 10.7. The predicted molar refractivity (Wildman–Crippen MR) is 105 cm³/mol. The zero-order chi connectivity index (χ0) is 20.4. The van der Waals surface area contributed by atoms with E-state index >= 15 is 0 Å². The third-order valence-electron chi connectivity index (χ3n) is 3.92. The van der Waals surface area contributed by atoms with Crippen molar-refractivity contribution in [3.63, 3.8) is 0 Å². The average Bonchev–Trinajstić information content (AvgIpc) is 3.38. The SMILES string of the molecule is O=[N+]([O-])c1ccc(-c2noc(-c3ccc(COc4cccc(Cl)c4Cl)o3)n2)cc1. The lowest BCUT2D eigenvalue weighted by atomic mass is 10.2. The number of nitrogens with zero attached hydrogens (tertiary/aromatic N) is 3. The number of rotatable bonds is 6. The molecular formula is C19H11Cl2N3O5. The summed E-state index contributed by atoms with van der Waals surface area (Å²) in [5, 5.41) is 15.3. The van der Waals surface area contributed by atoms with Gasteiger partial charge in [-0.05, 0) is 36.4 Å². The maximum absolute atomic E-state index is 10.7. The van der Waals surface area contributed by atoms with Gasteiger partial charge < -0.3 is 13.7 Å². The van der Waals surface area contributed by atoms with Crippen molar-refractivity contribution in [3.05, 3.63) is 80.5 Å². The molecule has 8 nitrogen and oxygen atoms in total. The molecule has 0 aliphatic carbocycles. The number of halogens is 2. The molecule has 146 valence electrons. The highest BCUT2D eigenvalue weighted by atomic mass is 35.5. The molecule has 0 unspecified atom stereocenters. The third-order valence-corrected chi connectivity index (χ3v) is 4.72. The molecule has 2 heterocycles. The number of benzene rings is 2. The number of non-ortho nitro benzene ring substituents is 1. The number of nitro groups is 1. The summed E-state index contributed by atoms with van der Waals surface area (Å²) in [5.41, 5.74) is 0.560. The van der Waals surface area contributed by atoms with E-state index in [0.717, 1.165) is 0 Å². The second-order valence-corrected chi connectivity index (χ2v) is 6.62. The molecule has 0 atom stereocenters. The lowest BCUT2D eigenvalue weighted by Crippen LogP contribution is -1.94. The van der Waals surface area contributed by atoms with Crippen LogP contribution < -0.4 is 4.74 Å². The van der Waals surface area contributed by atoms with Crippen molar-refractivity contribution in [2.75, 3.05) is 0 Å². The van der Waals surface area contributed by atoms with Crippen LogP contribution in [0.1, 0.15) is 5.76 Å². The van der Waals surface area contributed by atoms with Crippen LogP contribution in [0.4, 0.5) is 5.69 Å². The molecule has 0 N–H and O–H groups in total. The first-order chi connectivity index (χ1) is 14.0. The van der Waals surface area contributed by atoms with Gasteiger partial charge in [0.05, 0.1) is 9.95 Å². The van der Waals surface area contributed by atoms with Crippen LogP contribution in [0.2, 0.25) is 10.0 Å². The Morgan fingerprint density at radius 2 is 1.86 bits per heavy atom. The van der Waals surface area contributed by atoms with Gasteiger partial charge in [-0.3, -0.25) is 10.1 Å². The van der Waals surface area contributed by atoms with E-state index in [0.29, 0.717) is 32.9 Å². The summed E-state index contributed by atoms with van der Waals surface area (Å²) in [6.07, 6.45) is 0. The highest BCUT2D eigenvalue weighted by Gasteiger charge is 2.16. The molecule has 10 heteroatoms. The van der Waals surface area contributed by atoms with E-state index in [-0.39, 0.29) is 24.0 Å². The molecule has 29 heavy (non-hydrogen) atoms. The number of ether oxygens (including phenoxy) is 1. The molecule has 0 amide bonds. The third kappa shape index (κ3) is 4.08. The Morgan fingerprint density at radius 3 is 2.62 bits per heavy atom. The molecule has 4 aromatic rings. The molecule has 2 aromatic carbocycles. The van der Waals surface area contributed by atoms with Crippen LogP contribution in [0.5, 0.6) is 5.75 Å². The monoisotopic (exact) mass is 431 g/mol. The van der Waals surface area contributed by atoms with Crippen molar-refractivity contribution in [2.45, 2.75) is 6.61 Å². The first-order valence-corrected chi connectivity index (χ1v) is 9.01. The summed E-state index contributed by atoms with van der Waals surface area (Å²) in [6.45, 7) is 0.128. The minimum absolute atomic E-state index is 0.0204. The number of nitro benzene ring substituents is 1. The standard InChI is InChI=1S/C19H11Cl2N3O5/c20-14-2-1-3-15(17(14)21)27-10-13-8-9-16(28-13)19-22-18(23-29-19)11-4-6-12(7-5-11)24(25)26/h1-9H,10H2. The van der Waals surface area contributed by atoms with Crippen LogP contribution in [-0.2, 0) is 6.61 Å². The van der Waals surface area contributed by atoms with Gasteiger partial charge in [-0.2, -0.15) is 4.98 Å². The largest absolute Gasteiger partial charge is 0.484 e. The molecule has 0 aliphatic rings. The zero-order valence-corrected chi connectivity index (χ0v) is 16.1. The van der Waals surface area contributed by atoms with Crippen molar-refractivity contribution in [1.82, 2.24) is 10.1 Å². The van der Waals surface area contributed by atoms with Crippen molar-refractivity contribution < 1.29 is 18.6 Å². The molecular weight excluding hydrogens is 421 g/mol. The molecule has 4 rings (SSSR count). The van der Waals surface area contributed by atoms with E-state index in [1.807, 2.05) is 0 Å². The molecule has 0 radical (unpaired) electrons. The quantitative estimate of drug-likeness (QED) is 0.281. The molecule has 0 spiro atoms. The van der Waals surface area contributed by atoms with E-state index in [1.165, 1.54) is 12.1 Å². The van der Waals surface area contributed by atoms with Crippen LogP contribution in [0.25, 0.3) is 23.0 Å². The van der Waals surface area contributed by atoms with E-state index in [2.05, 4.69) is 10.1 Å². The number of hydrogen-bond acceptors (Lipinski definition) is 7. The van der Waals surface area contributed by atoms with Gasteiger partial charge in [-0.25, -0.2) is 0 Å². The Bertz CT molecular complexity index is 1170. The fourth-order valence-corrected chi connectivity index (χ4v) is 2.83. The van der Waals surface area contributed by atoms with Gasteiger partial charge in [0.1, 0.15) is 23.1 Å². The Kier molecular flexibility index (Phi) is 5.20. The summed E-state index contributed by atoms with van der Waals surface area (Å²) in [4.78, 5) is 14.5. The summed E-state index contributed by atoms with van der Waals surface area (Å²) < 4.78 is 16.5. The molecule has 2 aromatic heterocycles. The lowest BCUT2D eigenvalue weighted by molar-refractivity contribution is -0.384. The van der Waals surface area contributed by atoms with Gasteiger partial charge in [0.15, 0.2) is 5.76 Å². The summed E-state index contributed by atoms with van der Waals surface area (Å²) in [5.74, 6) is 1.78. The zero-order valence-electron chi connectivity index (χ0n) is 14.5. The van der Waals surface area contributed by atoms with Crippen molar-refractivity contribution in [1.29, 1.82) is 0 Å². The Labute approximate surface area is 173 Å². The van der Waals surface area contributed by atoms with E-state index < -0.39 is 4.92 Å². The van der Waals surface area contributed by atoms with E-state index in [1.54, 1.807) is 42.5 Å². The minimum atomic E-state index is -0.478. The maximum Gasteiger partial charge on any atom is 0.293 e. The Balaban J connectivity index is 1.47. The molecule has 0 bridgehead atoms. The molecule has 0 saturated heterocycles. The van der Waals surface area contributed by atoms with Crippen LogP contribution in [-0.4, -0.2) is 15.1 Å². The van der Waals surface area contributed by atoms with Gasteiger partial charge in [0, 0.05) is 17.7 Å². The van der Waals surface area contributed by atoms with E-state index in [9.17, 15) is 10.1 Å². The van der Waals surface area contributed by atoms with Gasteiger partial charge >= 0.3 is 0 Å². The average molecular weight is 432 g/mol. The number of furan rings is 1. The molecule has 0 fully saturated rings. The van der Waals surface area contributed by atoms with Gasteiger partial charge in [-0.1, -0.05) is 34.4 Å². The van der Waals surface area contributed by atoms with E-state index in [4.69, 9.17) is 36.9 Å². The van der Waals surface area contributed by atoms with Crippen molar-refractivity contribution in [3.8, 4) is 28.8 Å². The number of aromatic nitrogens is 2. The second-order valence-electron chi connectivity index (χ2n) is 5.83.